The van der Waals surface area contributed by atoms with Crippen LogP contribution in [0, 0.1) is 0 Å². The zero-order valence-corrected chi connectivity index (χ0v) is 12.1. The molecule has 0 aliphatic carbocycles. The molecule has 0 atom stereocenters. The van der Waals surface area contributed by atoms with E-state index in [1.54, 1.807) is 32.9 Å². The largest absolute Gasteiger partial charge is 0.464 e. The van der Waals surface area contributed by atoms with E-state index in [9.17, 15) is 9.59 Å². The topological polar surface area (TPSA) is 68.7 Å². The van der Waals surface area contributed by atoms with Gasteiger partial charge in [0.1, 0.15) is 11.4 Å². The van der Waals surface area contributed by atoms with E-state index < -0.39 is 17.7 Å². The van der Waals surface area contributed by atoms with Crippen molar-refractivity contribution in [1.82, 2.24) is 4.98 Å². The molecule has 2 heterocycles. The molecule has 0 aromatic carbocycles. The fraction of sp³-hybridized carbons (Fsp3) is 0.500. The third kappa shape index (κ3) is 2.89. The third-order valence-corrected chi connectivity index (χ3v) is 2.82. The van der Waals surface area contributed by atoms with Gasteiger partial charge in [-0.25, -0.2) is 14.6 Å². The summed E-state index contributed by atoms with van der Waals surface area (Å²) in [5.74, 6) is -0.0500. The zero-order chi connectivity index (χ0) is 14.9. The SMILES string of the molecule is COC(=O)c1ccc2c(n1)N(C(=O)OC(C)(C)C)CC2. The van der Waals surface area contributed by atoms with Crippen LogP contribution in [-0.2, 0) is 15.9 Å². The molecule has 1 aliphatic rings. The van der Waals surface area contributed by atoms with Gasteiger partial charge in [0.05, 0.1) is 7.11 Å². The number of hydrogen-bond acceptors (Lipinski definition) is 5. The molecule has 108 valence electrons. The minimum atomic E-state index is -0.570. The van der Waals surface area contributed by atoms with Crippen LogP contribution in [0.4, 0.5) is 10.6 Å². The summed E-state index contributed by atoms with van der Waals surface area (Å²) in [7, 11) is 1.29. The van der Waals surface area contributed by atoms with Crippen molar-refractivity contribution in [1.29, 1.82) is 0 Å². The lowest BCUT2D eigenvalue weighted by Crippen LogP contribution is -2.36. The number of amides is 1. The van der Waals surface area contributed by atoms with Gasteiger partial charge in [0.2, 0.25) is 0 Å². The molecular weight excluding hydrogens is 260 g/mol. The van der Waals surface area contributed by atoms with Crippen LogP contribution in [0.2, 0.25) is 0 Å². The normalized spacial score (nSPS) is 13.9. The number of aromatic nitrogens is 1. The molecular formula is C14H18N2O4. The average Bonchev–Trinajstić information content (AvgIpc) is 2.78. The van der Waals surface area contributed by atoms with Crippen molar-refractivity contribution in [3.63, 3.8) is 0 Å². The maximum Gasteiger partial charge on any atom is 0.416 e. The molecule has 1 aromatic heterocycles. The Hall–Kier alpha value is -2.11. The summed E-state index contributed by atoms with van der Waals surface area (Å²) in [5.41, 5.74) is 0.532. The van der Waals surface area contributed by atoms with Crippen LogP contribution >= 0.6 is 0 Å². The van der Waals surface area contributed by atoms with Crippen LogP contribution in [0.1, 0.15) is 36.8 Å². The molecule has 0 bridgehead atoms. The summed E-state index contributed by atoms with van der Waals surface area (Å²) >= 11 is 0. The molecule has 0 spiro atoms. The van der Waals surface area contributed by atoms with Crippen molar-refractivity contribution in [3.05, 3.63) is 23.4 Å². The predicted octanol–water partition coefficient (Wildman–Crippen LogP) is 2.17. The number of ether oxygens (including phenoxy) is 2. The number of anilines is 1. The minimum Gasteiger partial charge on any atom is -0.464 e. The first-order valence-electron chi connectivity index (χ1n) is 6.40. The predicted molar refractivity (Wildman–Crippen MR) is 72.9 cm³/mol. The second-order valence-corrected chi connectivity index (χ2v) is 5.55. The quantitative estimate of drug-likeness (QED) is 0.736. The molecule has 1 aliphatic heterocycles. The Morgan fingerprint density at radius 3 is 2.60 bits per heavy atom. The van der Waals surface area contributed by atoms with Gasteiger partial charge in [0.25, 0.3) is 0 Å². The lowest BCUT2D eigenvalue weighted by Gasteiger charge is -2.24. The number of methoxy groups -OCH3 is 1. The number of pyridine rings is 1. The Bertz CT molecular complexity index is 549. The first-order valence-corrected chi connectivity index (χ1v) is 6.40. The number of fused-ring (bicyclic) bond motifs is 1. The molecule has 6 heteroatoms. The van der Waals surface area contributed by atoms with Crippen LogP contribution < -0.4 is 4.90 Å². The van der Waals surface area contributed by atoms with E-state index in [0.717, 1.165) is 5.56 Å². The van der Waals surface area contributed by atoms with E-state index in [-0.39, 0.29) is 5.69 Å². The number of carbonyl (C=O) groups is 2. The van der Waals surface area contributed by atoms with Crippen LogP contribution in [0.25, 0.3) is 0 Å². The monoisotopic (exact) mass is 278 g/mol. The number of carbonyl (C=O) groups excluding carboxylic acids is 2. The van der Waals surface area contributed by atoms with Gasteiger partial charge in [-0.1, -0.05) is 6.07 Å². The fourth-order valence-corrected chi connectivity index (χ4v) is 1.96. The molecule has 2 rings (SSSR count). The van der Waals surface area contributed by atoms with E-state index in [4.69, 9.17) is 4.74 Å². The van der Waals surface area contributed by atoms with Gasteiger partial charge in [0, 0.05) is 6.54 Å². The van der Waals surface area contributed by atoms with Gasteiger partial charge in [-0.3, -0.25) is 4.90 Å². The number of hydrogen-bond donors (Lipinski definition) is 0. The number of nitrogens with zero attached hydrogens (tertiary/aromatic N) is 2. The molecule has 0 saturated carbocycles. The zero-order valence-electron chi connectivity index (χ0n) is 12.1. The minimum absolute atomic E-state index is 0.182. The first-order chi connectivity index (χ1) is 9.31. The summed E-state index contributed by atoms with van der Waals surface area (Å²) in [6, 6.07) is 3.39. The Balaban J connectivity index is 2.27. The van der Waals surface area contributed by atoms with E-state index in [0.29, 0.717) is 18.8 Å². The van der Waals surface area contributed by atoms with Crippen molar-refractivity contribution in [2.24, 2.45) is 0 Å². The highest BCUT2D eigenvalue weighted by atomic mass is 16.6. The highest BCUT2D eigenvalue weighted by Crippen LogP contribution is 2.27. The van der Waals surface area contributed by atoms with Crippen molar-refractivity contribution in [2.45, 2.75) is 32.8 Å². The Morgan fingerprint density at radius 2 is 2.00 bits per heavy atom. The van der Waals surface area contributed by atoms with Gasteiger partial charge in [-0.2, -0.15) is 0 Å². The molecule has 0 unspecified atom stereocenters. The van der Waals surface area contributed by atoms with Gasteiger partial charge in [-0.05, 0) is 38.8 Å². The summed E-state index contributed by atoms with van der Waals surface area (Å²) < 4.78 is 9.97. The highest BCUT2D eigenvalue weighted by Gasteiger charge is 2.30. The molecule has 1 amide bonds. The fourth-order valence-electron chi connectivity index (χ4n) is 1.96. The second-order valence-electron chi connectivity index (χ2n) is 5.55. The first kappa shape index (κ1) is 14.3. The van der Waals surface area contributed by atoms with Crippen LogP contribution in [-0.4, -0.2) is 36.3 Å². The standard InChI is InChI=1S/C14H18N2O4/c1-14(2,3)20-13(18)16-8-7-9-5-6-10(12(17)19-4)15-11(9)16/h5-6H,7-8H2,1-4H3. The molecule has 20 heavy (non-hydrogen) atoms. The highest BCUT2D eigenvalue weighted by molar-refractivity contribution is 5.92. The average molecular weight is 278 g/mol. The maximum atomic E-state index is 12.1. The maximum absolute atomic E-state index is 12.1. The smallest absolute Gasteiger partial charge is 0.416 e. The lowest BCUT2D eigenvalue weighted by molar-refractivity contribution is 0.0571. The molecule has 0 saturated heterocycles. The Morgan fingerprint density at radius 1 is 1.30 bits per heavy atom. The van der Waals surface area contributed by atoms with Gasteiger partial charge in [0.15, 0.2) is 5.69 Å². The second kappa shape index (κ2) is 5.11. The van der Waals surface area contributed by atoms with E-state index in [1.165, 1.54) is 12.0 Å². The Labute approximate surface area is 117 Å². The summed E-state index contributed by atoms with van der Waals surface area (Å²) in [5, 5.41) is 0. The van der Waals surface area contributed by atoms with E-state index in [1.807, 2.05) is 0 Å². The van der Waals surface area contributed by atoms with Crippen LogP contribution in [0.3, 0.4) is 0 Å². The van der Waals surface area contributed by atoms with Crippen LogP contribution in [0.15, 0.2) is 12.1 Å². The summed E-state index contributed by atoms with van der Waals surface area (Å²) in [6.45, 7) is 5.92. The molecule has 1 aromatic rings. The molecule has 0 N–H and O–H groups in total. The third-order valence-electron chi connectivity index (χ3n) is 2.82. The van der Waals surface area contributed by atoms with Crippen LogP contribution in [0.5, 0.6) is 0 Å². The van der Waals surface area contributed by atoms with Crippen molar-refractivity contribution >= 4 is 17.9 Å². The van der Waals surface area contributed by atoms with Crippen molar-refractivity contribution in [2.75, 3.05) is 18.6 Å². The van der Waals surface area contributed by atoms with E-state index in [2.05, 4.69) is 9.72 Å². The number of esters is 1. The summed E-state index contributed by atoms with van der Waals surface area (Å²) in [4.78, 5) is 29.3. The molecule has 0 fully saturated rings. The summed E-state index contributed by atoms with van der Waals surface area (Å²) in [6.07, 6.45) is 0.244. The Kier molecular flexibility index (Phi) is 3.65. The lowest BCUT2D eigenvalue weighted by atomic mass is 10.2. The van der Waals surface area contributed by atoms with Gasteiger partial charge < -0.3 is 9.47 Å². The molecule has 0 radical (unpaired) electrons. The molecule has 6 nitrogen and oxygen atoms in total. The number of rotatable bonds is 1. The van der Waals surface area contributed by atoms with Crippen molar-refractivity contribution in [3.8, 4) is 0 Å². The van der Waals surface area contributed by atoms with E-state index >= 15 is 0 Å². The van der Waals surface area contributed by atoms with Gasteiger partial charge >= 0.3 is 12.1 Å². The van der Waals surface area contributed by atoms with Crippen molar-refractivity contribution < 1.29 is 19.1 Å². The van der Waals surface area contributed by atoms with Gasteiger partial charge in [-0.15, -0.1) is 0 Å².